The van der Waals surface area contributed by atoms with E-state index in [4.69, 9.17) is 0 Å². The van der Waals surface area contributed by atoms with Crippen molar-refractivity contribution in [3.8, 4) is 16.4 Å². The summed E-state index contributed by atoms with van der Waals surface area (Å²) in [7, 11) is 0. The number of hydrogen-bond acceptors (Lipinski definition) is 3. The molecule has 0 unspecified atom stereocenters. The summed E-state index contributed by atoms with van der Waals surface area (Å²) in [6.45, 7) is 0. The lowest BCUT2D eigenvalue weighted by Crippen LogP contribution is -1.94. The van der Waals surface area contributed by atoms with Gasteiger partial charge in [0.05, 0.1) is 8.66 Å². The van der Waals surface area contributed by atoms with Crippen molar-refractivity contribution in [1.29, 1.82) is 0 Å². The Morgan fingerprint density at radius 1 is 1.11 bits per heavy atom. The van der Waals surface area contributed by atoms with Crippen LogP contribution in [0.4, 0.5) is 0 Å². The molecule has 0 N–H and O–H groups in total. The predicted octanol–water partition coefficient (Wildman–Crippen LogP) is 4.52. The van der Waals surface area contributed by atoms with E-state index in [2.05, 4.69) is 42.1 Å². The minimum Gasteiger partial charge on any atom is -0.281 e. The first-order chi connectivity index (χ1) is 8.75. The fourth-order valence-electron chi connectivity index (χ4n) is 1.64. The van der Waals surface area contributed by atoms with Crippen molar-refractivity contribution in [2.75, 3.05) is 0 Å². The van der Waals surface area contributed by atoms with E-state index in [0.29, 0.717) is 0 Å². The molecule has 0 amide bonds. The largest absolute Gasteiger partial charge is 0.281 e. The van der Waals surface area contributed by atoms with Crippen molar-refractivity contribution in [1.82, 2.24) is 14.8 Å². The number of benzene rings is 1. The smallest absolute Gasteiger partial charge is 0.178 e. The van der Waals surface area contributed by atoms with Crippen LogP contribution in [0.3, 0.4) is 0 Å². The predicted molar refractivity (Wildman–Crippen MR) is 80.1 cm³/mol. The Morgan fingerprint density at radius 3 is 2.56 bits per heavy atom. The van der Waals surface area contributed by atoms with Gasteiger partial charge < -0.3 is 0 Å². The van der Waals surface area contributed by atoms with Crippen molar-refractivity contribution in [2.24, 2.45) is 0 Å². The van der Waals surface area contributed by atoms with Gasteiger partial charge in [-0.2, -0.15) is 0 Å². The van der Waals surface area contributed by atoms with Crippen LogP contribution >= 0.6 is 43.2 Å². The monoisotopic (exact) mass is 383 g/mol. The van der Waals surface area contributed by atoms with Crippen LogP contribution in [0.25, 0.3) is 16.4 Å². The molecule has 3 aromatic rings. The summed E-state index contributed by atoms with van der Waals surface area (Å²) in [5.74, 6) is 0.845. The average molecular weight is 385 g/mol. The minimum atomic E-state index is 0.845. The molecule has 0 saturated heterocycles. The van der Waals surface area contributed by atoms with E-state index in [0.717, 1.165) is 24.6 Å². The molecule has 0 atom stereocenters. The van der Waals surface area contributed by atoms with Gasteiger partial charge >= 0.3 is 0 Å². The van der Waals surface area contributed by atoms with Crippen LogP contribution in [0.1, 0.15) is 0 Å². The minimum absolute atomic E-state index is 0.845. The lowest BCUT2D eigenvalue weighted by atomic mass is 10.3. The molecule has 0 aliphatic rings. The highest BCUT2D eigenvalue weighted by Gasteiger charge is 2.13. The Balaban J connectivity index is 2.12. The Labute approximate surface area is 125 Å². The Bertz CT molecular complexity index is 656. The van der Waals surface area contributed by atoms with Gasteiger partial charge in [-0.15, -0.1) is 21.5 Å². The molecule has 18 heavy (non-hydrogen) atoms. The van der Waals surface area contributed by atoms with Gasteiger partial charge in [0, 0.05) is 10.2 Å². The maximum Gasteiger partial charge on any atom is 0.178 e. The van der Waals surface area contributed by atoms with Crippen LogP contribution in [0.15, 0.2) is 51.0 Å². The fourth-order valence-corrected chi connectivity index (χ4v) is 3.65. The van der Waals surface area contributed by atoms with Gasteiger partial charge in [0.15, 0.2) is 5.82 Å². The molecule has 0 fully saturated rings. The van der Waals surface area contributed by atoms with Gasteiger partial charge in [0.1, 0.15) is 6.33 Å². The highest BCUT2D eigenvalue weighted by atomic mass is 79.9. The van der Waals surface area contributed by atoms with Gasteiger partial charge in [-0.1, -0.05) is 18.2 Å². The third kappa shape index (κ3) is 2.15. The topological polar surface area (TPSA) is 30.7 Å². The van der Waals surface area contributed by atoms with E-state index >= 15 is 0 Å². The van der Waals surface area contributed by atoms with Crippen LogP contribution in [-0.2, 0) is 0 Å². The standard InChI is InChI=1S/C12H7Br2N3S/c13-9-6-10(18-11(9)14)12-16-15-7-17(12)8-4-2-1-3-5-8/h1-7H. The zero-order valence-corrected chi connectivity index (χ0v) is 13.0. The summed E-state index contributed by atoms with van der Waals surface area (Å²) >= 11 is 8.61. The number of hydrogen-bond donors (Lipinski definition) is 0. The number of rotatable bonds is 2. The van der Waals surface area contributed by atoms with E-state index in [9.17, 15) is 0 Å². The maximum atomic E-state index is 4.20. The van der Waals surface area contributed by atoms with Gasteiger partial charge in [-0.25, -0.2) is 0 Å². The average Bonchev–Trinajstić information content (AvgIpc) is 2.98. The number of nitrogens with zero attached hydrogens (tertiary/aromatic N) is 3. The maximum absolute atomic E-state index is 4.20. The first-order valence-electron chi connectivity index (χ1n) is 5.16. The van der Waals surface area contributed by atoms with E-state index in [1.807, 2.05) is 41.0 Å². The van der Waals surface area contributed by atoms with Gasteiger partial charge in [0.2, 0.25) is 0 Å². The number of halogens is 2. The van der Waals surface area contributed by atoms with E-state index in [1.54, 1.807) is 17.7 Å². The van der Waals surface area contributed by atoms with Crippen LogP contribution < -0.4 is 0 Å². The van der Waals surface area contributed by atoms with Crippen LogP contribution in [0.2, 0.25) is 0 Å². The Hall–Kier alpha value is -0.980. The number of thiophene rings is 1. The Morgan fingerprint density at radius 2 is 1.89 bits per heavy atom. The van der Waals surface area contributed by atoms with Crippen molar-refractivity contribution < 1.29 is 0 Å². The number of aromatic nitrogens is 3. The van der Waals surface area contributed by atoms with Crippen molar-refractivity contribution in [2.45, 2.75) is 0 Å². The fraction of sp³-hybridized carbons (Fsp3) is 0. The van der Waals surface area contributed by atoms with Gasteiger partial charge in [0.25, 0.3) is 0 Å². The normalized spacial score (nSPS) is 10.8. The Kier molecular flexibility index (Phi) is 3.32. The third-order valence-electron chi connectivity index (χ3n) is 2.45. The second-order valence-corrected chi connectivity index (χ2v) is 6.82. The summed E-state index contributed by atoms with van der Waals surface area (Å²) in [5.41, 5.74) is 1.05. The molecule has 3 nitrogen and oxygen atoms in total. The lowest BCUT2D eigenvalue weighted by Gasteiger charge is -2.03. The van der Waals surface area contributed by atoms with Crippen molar-refractivity contribution in [3.63, 3.8) is 0 Å². The van der Waals surface area contributed by atoms with Gasteiger partial charge in [-0.3, -0.25) is 4.57 Å². The molecule has 3 rings (SSSR count). The molecule has 6 heteroatoms. The molecule has 0 saturated carbocycles. The molecule has 0 spiro atoms. The quantitative estimate of drug-likeness (QED) is 0.650. The van der Waals surface area contributed by atoms with E-state index in [1.165, 1.54) is 0 Å². The third-order valence-corrected chi connectivity index (χ3v) is 5.70. The molecule has 1 aromatic carbocycles. The SMILES string of the molecule is Brc1cc(-c2nncn2-c2ccccc2)sc1Br. The second-order valence-electron chi connectivity index (χ2n) is 3.59. The summed E-state index contributed by atoms with van der Waals surface area (Å²) in [4.78, 5) is 1.06. The summed E-state index contributed by atoms with van der Waals surface area (Å²) in [5, 5.41) is 8.20. The van der Waals surface area contributed by atoms with Crippen molar-refractivity contribution >= 4 is 43.2 Å². The summed E-state index contributed by atoms with van der Waals surface area (Å²) in [6, 6.07) is 12.1. The van der Waals surface area contributed by atoms with E-state index < -0.39 is 0 Å². The summed E-state index contributed by atoms with van der Waals surface area (Å²) < 4.78 is 4.07. The molecular formula is C12H7Br2N3S. The second kappa shape index (κ2) is 4.95. The molecule has 0 aliphatic carbocycles. The molecule has 0 bridgehead atoms. The van der Waals surface area contributed by atoms with Gasteiger partial charge in [-0.05, 0) is 50.1 Å². The number of para-hydroxylation sites is 1. The molecule has 0 radical (unpaired) electrons. The zero-order chi connectivity index (χ0) is 12.5. The highest BCUT2D eigenvalue weighted by molar-refractivity contribution is 9.13. The molecule has 2 heterocycles. The lowest BCUT2D eigenvalue weighted by molar-refractivity contribution is 1.07. The first kappa shape index (κ1) is 12.1. The van der Waals surface area contributed by atoms with Crippen molar-refractivity contribution in [3.05, 3.63) is 51.0 Å². The van der Waals surface area contributed by atoms with Crippen LogP contribution in [0, 0.1) is 0 Å². The zero-order valence-electron chi connectivity index (χ0n) is 9.05. The first-order valence-corrected chi connectivity index (χ1v) is 7.56. The van der Waals surface area contributed by atoms with E-state index in [-0.39, 0.29) is 0 Å². The highest BCUT2D eigenvalue weighted by Crippen LogP contribution is 2.37. The van der Waals surface area contributed by atoms with Crippen LogP contribution in [-0.4, -0.2) is 14.8 Å². The molecular weight excluding hydrogens is 378 g/mol. The molecule has 0 aliphatic heterocycles. The molecule has 90 valence electrons. The van der Waals surface area contributed by atoms with Crippen LogP contribution in [0.5, 0.6) is 0 Å². The summed E-state index contributed by atoms with van der Waals surface area (Å²) in [6.07, 6.45) is 1.73. The molecule has 2 aromatic heterocycles.